The molecule has 4 amide bonds. The van der Waals surface area contributed by atoms with Gasteiger partial charge in [0.05, 0.1) is 24.4 Å². The van der Waals surface area contributed by atoms with Crippen LogP contribution in [0.5, 0.6) is 5.75 Å². The van der Waals surface area contributed by atoms with Crippen LogP contribution < -0.4 is 31.3 Å². The fourth-order valence-corrected chi connectivity index (χ4v) is 5.17. The van der Waals surface area contributed by atoms with Gasteiger partial charge < -0.3 is 36.2 Å². The van der Waals surface area contributed by atoms with E-state index in [9.17, 15) is 19.2 Å². The third kappa shape index (κ3) is 7.48. The fourth-order valence-electron chi connectivity index (χ4n) is 5.17. The Bertz CT molecular complexity index is 1570. The summed E-state index contributed by atoms with van der Waals surface area (Å²) in [6.07, 6.45) is 2.55. The van der Waals surface area contributed by atoms with Crippen LogP contribution >= 0.6 is 0 Å². The maximum absolute atomic E-state index is 13.8. The Balaban J connectivity index is 1.59. The number of hydrogen-bond donors (Lipinski definition) is 5. The molecule has 0 spiro atoms. The van der Waals surface area contributed by atoms with Crippen LogP contribution in [-0.4, -0.2) is 84.4 Å². The van der Waals surface area contributed by atoms with E-state index in [1.165, 1.54) is 13.4 Å². The lowest BCUT2D eigenvalue weighted by Crippen LogP contribution is -2.59. The van der Waals surface area contributed by atoms with Crippen molar-refractivity contribution in [3.8, 4) is 5.75 Å². The quantitative estimate of drug-likeness (QED) is 0.230. The number of anilines is 3. The number of nitrogens with one attached hydrogen (secondary N) is 5. The molecule has 13 nitrogen and oxygen atoms in total. The van der Waals surface area contributed by atoms with Crippen LogP contribution in [0.3, 0.4) is 0 Å². The van der Waals surface area contributed by atoms with Crippen LogP contribution in [0.4, 0.5) is 17.2 Å². The zero-order valence-electron chi connectivity index (χ0n) is 26.8. The molecule has 2 heterocycles. The predicted octanol–water partition coefficient (Wildman–Crippen LogP) is 2.81. The topological polar surface area (TPSA) is 167 Å². The number of aromatic nitrogens is 2. The molecule has 0 bridgehead atoms. The lowest BCUT2D eigenvalue weighted by atomic mass is 9.85. The summed E-state index contributed by atoms with van der Waals surface area (Å²) in [4.78, 5) is 62.5. The maximum atomic E-state index is 13.8. The van der Waals surface area contributed by atoms with Gasteiger partial charge in [-0.05, 0) is 62.6 Å². The van der Waals surface area contributed by atoms with E-state index in [2.05, 4.69) is 36.6 Å². The lowest BCUT2D eigenvalue weighted by Gasteiger charge is -2.36. The molecule has 1 aliphatic rings. The van der Waals surface area contributed by atoms with E-state index in [1.807, 2.05) is 20.8 Å². The van der Waals surface area contributed by atoms with Crippen molar-refractivity contribution in [1.29, 1.82) is 0 Å². The van der Waals surface area contributed by atoms with Gasteiger partial charge in [0.25, 0.3) is 5.91 Å². The van der Waals surface area contributed by atoms with Gasteiger partial charge >= 0.3 is 0 Å². The van der Waals surface area contributed by atoms with Crippen LogP contribution in [-0.2, 0) is 14.4 Å². The number of hydrogen-bond acceptors (Lipinski definition) is 9. The van der Waals surface area contributed by atoms with Crippen molar-refractivity contribution in [1.82, 2.24) is 30.8 Å². The van der Waals surface area contributed by atoms with Crippen molar-refractivity contribution < 1.29 is 23.9 Å². The summed E-state index contributed by atoms with van der Waals surface area (Å²) in [6, 6.07) is 8.34. The largest absolute Gasteiger partial charge is 0.494 e. The molecule has 1 aliphatic heterocycles. The molecule has 240 valence electrons. The predicted molar refractivity (Wildman–Crippen MR) is 172 cm³/mol. The molecule has 1 unspecified atom stereocenters. The maximum Gasteiger partial charge on any atom is 0.251 e. The Morgan fingerprint density at radius 2 is 1.76 bits per heavy atom. The van der Waals surface area contributed by atoms with E-state index in [0.29, 0.717) is 58.8 Å². The van der Waals surface area contributed by atoms with Crippen LogP contribution in [0.15, 0.2) is 42.7 Å². The lowest BCUT2D eigenvalue weighted by molar-refractivity contribution is -0.143. The first-order valence-corrected chi connectivity index (χ1v) is 14.9. The van der Waals surface area contributed by atoms with Crippen molar-refractivity contribution in [3.63, 3.8) is 0 Å². The van der Waals surface area contributed by atoms with Crippen molar-refractivity contribution in [2.24, 2.45) is 5.41 Å². The first-order valence-electron chi connectivity index (χ1n) is 14.9. The number of benzene rings is 2. The van der Waals surface area contributed by atoms with Gasteiger partial charge in [0.15, 0.2) is 0 Å². The molecule has 0 radical (unpaired) electrons. The Hall–Kier alpha value is -4.78. The molecule has 13 heteroatoms. The molecule has 2 aromatic carbocycles. The first kappa shape index (κ1) is 33.1. The van der Waals surface area contributed by atoms with E-state index < -0.39 is 23.5 Å². The van der Waals surface area contributed by atoms with Crippen LogP contribution in [0.25, 0.3) is 10.9 Å². The minimum atomic E-state index is -0.819. The second-order valence-electron chi connectivity index (χ2n) is 12.1. The fraction of sp³-hybridized carbons (Fsp3) is 0.438. The van der Waals surface area contributed by atoms with Gasteiger partial charge in [-0.15, -0.1) is 0 Å². The molecule has 1 fully saturated rings. The van der Waals surface area contributed by atoms with Crippen molar-refractivity contribution >= 4 is 51.7 Å². The van der Waals surface area contributed by atoms with Crippen molar-refractivity contribution in [2.45, 2.75) is 58.7 Å². The highest BCUT2D eigenvalue weighted by Crippen LogP contribution is 2.34. The van der Waals surface area contributed by atoms with E-state index in [-0.39, 0.29) is 23.6 Å². The summed E-state index contributed by atoms with van der Waals surface area (Å²) in [5, 5.41) is 15.2. The second-order valence-corrected chi connectivity index (χ2v) is 12.1. The highest BCUT2D eigenvalue weighted by atomic mass is 16.5. The van der Waals surface area contributed by atoms with Gasteiger partial charge in [0.1, 0.15) is 30.0 Å². The van der Waals surface area contributed by atoms with E-state index in [1.54, 1.807) is 62.3 Å². The molecule has 1 saturated heterocycles. The number of carbonyl (C=O) groups is 4. The third-order valence-corrected chi connectivity index (χ3v) is 7.92. The van der Waals surface area contributed by atoms with Crippen LogP contribution in [0.1, 0.15) is 50.9 Å². The molecule has 3 aromatic rings. The zero-order valence-corrected chi connectivity index (χ0v) is 26.8. The molecule has 0 saturated carbocycles. The number of likely N-dealkylation sites (tertiary alicyclic amines) is 1. The average molecular weight is 619 g/mol. The Morgan fingerprint density at radius 1 is 1.04 bits per heavy atom. The standard InChI is InChI=1S/C32H42N8O5/c1-18(33-5)28(41)39-26(32(2,3)4)31(44)40-14-8-9-24(40)30(43)38-23-15-21-22(16-25(23)45-7)35-17-36-27(21)37-20-12-10-19(11-13-20)29(42)34-6/h10-13,15-18,24,26,33H,8-9,14H2,1-7H3,(H,34,42)(H,38,43)(H,39,41)(H,35,36,37)/t18-,24?,26+/m0/s1. The first-order chi connectivity index (χ1) is 21.4. The molecule has 1 aromatic heterocycles. The highest BCUT2D eigenvalue weighted by molar-refractivity contribution is 6.03. The highest BCUT2D eigenvalue weighted by Gasteiger charge is 2.42. The molecular formula is C32H42N8O5. The third-order valence-electron chi connectivity index (χ3n) is 7.92. The Labute approximate surface area is 262 Å². The van der Waals surface area contributed by atoms with Crippen molar-refractivity contribution in [2.75, 3.05) is 38.4 Å². The minimum absolute atomic E-state index is 0.189. The van der Waals surface area contributed by atoms with Gasteiger partial charge in [-0.3, -0.25) is 19.2 Å². The van der Waals surface area contributed by atoms with E-state index >= 15 is 0 Å². The van der Waals surface area contributed by atoms with Gasteiger partial charge in [0, 0.05) is 36.3 Å². The molecule has 3 atom stereocenters. The van der Waals surface area contributed by atoms with Gasteiger partial charge in [-0.25, -0.2) is 9.97 Å². The van der Waals surface area contributed by atoms with Crippen LogP contribution in [0, 0.1) is 5.41 Å². The number of ether oxygens (including phenoxy) is 1. The van der Waals surface area contributed by atoms with E-state index in [4.69, 9.17) is 4.74 Å². The summed E-state index contributed by atoms with van der Waals surface area (Å²) < 4.78 is 5.59. The summed E-state index contributed by atoms with van der Waals surface area (Å²) in [6.45, 7) is 7.77. The molecule has 4 rings (SSSR count). The van der Waals surface area contributed by atoms with E-state index in [0.717, 1.165) is 0 Å². The smallest absolute Gasteiger partial charge is 0.251 e. The number of rotatable bonds is 10. The number of methoxy groups -OCH3 is 1. The minimum Gasteiger partial charge on any atom is -0.494 e. The summed E-state index contributed by atoms with van der Waals surface area (Å²) in [7, 11) is 4.75. The number of fused-ring (bicyclic) bond motifs is 1. The number of likely N-dealkylation sites (N-methyl/N-ethyl adjacent to an activating group) is 1. The second kappa shape index (κ2) is 13.9. The summed E-state index contributed by atoms with van der Waals surface area (Å²) >= 11 is 0. The summed E-state index contributed by atoms with van der Waals surface area (Å²) in [5.74, 6) is -0.260. The number of nitrogens with zero attached hydrogens (tertiary/aromatic N) is 3. The molecule has 5 N–H and O–H groups in total. The van der Waals surface area contributed by atoms with Gasteiger partial charge in [-0.1, -0.05) is 20.8 Å². The molecule has 0 aliphatic carbocycles. The number of carbonyl (C=O) groups excluding carboxylic acids is 4. The van der Waals surface area contributed by atoms with Gasteiger partial charge in [-0.2, -0.15) is 0 Å². The SMILES string of the molecule is CNC(=O)c1ccc(Nc2ncnc3cc(OC)c(NC(=O)C4CCCN4C(=O)[C@@H](NC(=O)[C@H](C)NC)C(C)(C)C)cc23)cc1. The molecular weight excluding hydrogens is 576 g/mol. The average Bonchev–Trinajstić information content (AvgIpc) is 3.52. The van der Waals surface area contributed by atoms with Crippen molar-refractivity contribution in [3.05, 3.63) is 48.3 Å². The van der Waals surface area contributed by atoms with Crippen LogP contribution in [0.2, 0.25) is 0 Å². The summed E-state index contributed by atoms with van der Waals surface area (Å²) in [5.41, 5.74) is 1.62. The Morgan fingerprint density at radius 3 is 2.38 bits per heavy atom. The Kier molecular flexibility index (Phi) is 10.2. The normalized spacial score (nSPS) is 16.1. The molecule has 45 heavy (non-hydrogen) atoms. The zero-order chi connectivity index (χ0) is 32.9. The monoisotopic (exact) mass is 618 g/mol. The van der Waals surface area contributed by atoms with Gasteiger partial charge in [0.2, 0.25) is 17.7 Å². The number of amides is 4.